The van der Waals surface area contributed by atoms with Gasteiger partial charge in [-0.25, -0.2) is 0 Å². The first-order valence-corrected chi connectivity index (χ1v) is 19.5. The number of rotatable bonds is 3. The summed E-state index contributed by atoms with van der Waals surface area (Å²) in [6.45, 7) is 0. The van der Waals surface area contributed by atoms with E-state index in [-0.39, 0.29) is 0 Å². The van der Waals surface area contributed by atoms with Crippen LogP contribution in [0.3, 0.4) is 0 Å². The fraction of sp³-hybridized carbons (Fsp3) is 0. The highest BCUT2D eigenvalue weighted by Gasteiger charge is 2.19. The highest BCUT2D eigenvalue weighted by atomic mass is 14.2. The van der Waals surface area contributed by atoms with Gasteiger partial charge in [-0.2, -0.15) is 0 Å². The van der Waals surface area contributed by atoms with Crippen molar-refractivity contribution in [3.05, 3.63) is 206 Å². The highest BCUT2D eigenvalue weighted by molar-refractivity contribution is 6.27. The molecule has 0 aromatic heterocycles. The Morgan fingerprint density at radius 2 is 0.571 bits per heavy atom. The molecule has 0 atom stereocenters. The second-order valence-corrected chi connectivity index (χ2v) is 15.2. The van der Waals surface area contributed by atoms with Crippen LogP contribution >= 0.6 is 0 Å². The molecule has 0 aliphatic heterocycles. The molecule has 0 fully saturated rings. The van der Waals surface area contributed by atoms with Crippen LogP contribution in [0.2, 0.25) is 0 Å². The maximum absolute atomic E-state index is 2.40. The molecule has 0 bridgehead atoms. The lowest BCUT2D eigenvalue weighted by Crippen LogP contribution is -1.92. The third-order valence-corrected chi connectivity index (χ3v) is 12.2. The average Bonchev–Trinajstić information content (AvgIpc) is 3.27. The summed E-state index contributed by atoms with van der Waals surface area (Å²) in [5, 5.41) is 20.5. The van der Waals surface area contributed by atoms with Crippen molar-refractivity contribution < 1.29 is 0 Å². The van der Waals surface area contributed by atoms with Gasteiger partial charge in [-0.1, -0.05) is 182 Å². The normalized spacial score (nSPS) is 11.9. The van der Waals surface area contributed by atoms with Crippen LogP contribution in [-0.4, -0.2) is 0 Å². The first-order chi connectivity index (χ1) is 27.8. The molecule has 0 heteroatoms. The quantitative estimate of drug-likeness (QED) is 0.127. The standard InChI is InChI=1S/C56H34/c1-2-14-41-38(13-1)34-54(47-20-8-3-15-42(41)47)56-51-23-11-9-21-49(51)55(50-22-10-12-24-52(50)56)39-28-26-35-25-27-36(31-40(35)32-39)37-29-30-48-45-18-5-4-16-43(45)44-17-6-7-19-46(44)53(48)33-37/h1-34H. The molecule has 0 saturated carbocycles. The summed E-state index contributed by atoms with van der Waals surface area (Å²) < 4.78 is 0. The molecule has 0 heterocycles. The molecule has 0 aliphatic rings. The van der Waals surface area contributed by atoms with Crippen LogP contribution < -0.4 is 0 Å². The number of benzene rings is 12. The highest BCUT2D eigenvalue weighted by Crippen LogP contribution is 2.47. The molecule has 12 aromatic carbocycles. The minimum atomic E-state index is 1.22. The lowest BCUT2D eigenvalue weighted by atomic mass is 9.83. The maximum Gasteiger partial charge on any atom is -0.00199 e. The van der Waals surface area contributed by atoms with Crippen LogP contribution in [-0.2, 0) is 0 Å². The third-order valence-electron chi connectivity index (χ3n) is 12.2. The molecule has 0 nitrogen and oxygen atoms in total. The molecule has 56 heavy (non-hydrogen) atoms. The van der Waals surface area contributed by atoms with Gasteiger partial charge in [0.25, 0.3) is 0 Å². The smallest absolute Gasteiger partial charge is 0.00199 e. The van der Waals surface area contributed by atoms with Crippen molar-refractivity contribution >= 4 is 86.2 Å². The summed E-state index contributed by atoms with van der Waals surface area (Å²) in [4.78, 5) is 0. The topological polar surface area (TPSA) is 0 Å². The maximum atomic E-state index is 2.40. The molecule has 0 aliphatic carbocycles. The molecule has 258 valence electrons. The molecule has 0 radical (unpaired) electrons. The molecule has 0 spiro atoms. The largest absolute Gasteiger partial charge is 0.0616 e. The van der Waals surface area contributed by atoms with E-state index >= 15 is 0 Å². The second-order valence-electron chi connectivity index (χ2n) is 15.2. The number of hydrogen-bond acceptors (Lipinski definition) is 0. The first kappa shape index (κ1) is 31.1. The van der Waals surface area contributed by atoms with E-state index < -0.39 is 0 Å². The van der Waals surface area contributed by atoms with Gasteiger partial charge in [-0.3, -0.25) is 0 Å². The lowest BCUT2D eigenvalue weighted by Gasteiger charge is -2.20. The first-order valence-electron chi connectivity index (χ1n) is 19.5. The van der Waals surface area contributed by atoms with Crippen molar-refractivity contribution in [1.82, 2.24) is 0 Å². The summed E-state index contributed by atoms with van der Waals surface area (Å²) in [5.74, 6) is 0. The van der Waals surface area contributed by atoms with E-state index in [1.165, 1.54) is 120 Å². The monoisotopic (exact) mass is 706 g/mol. The van der Waals surface area contributed by atoms with Gasteiger partial charge in [0.1, 0.15) is 0 Å². The molecule has 0 saturated heterocycles. The Hall–Kier alpha value is -7.28. The van der Waals surface area contributed by atoms with Gasteiger partial charge in [0.2, 0.25) is 0 Å². The zero-order valence-electron chi connectivity index (χ0n) is 30.6. The summed E-state index contributed by atoms with van der Waals surface area (Å²) in [5.41, 5.74) is 7.53. The molecular weight excluding hydrogens is 673 g/mol. The summed E-state index contributed by atoms with van der Waals surface area (Å²) in [7, 11) is 0. The minimum Gasteiger partial charge on any atom is -0.0616 e. The number of fused-ring (bicyclic) bond motifs is 12. The Kier molecular flexibility index (Phi) is 6.73. The zero-order chi connectivity index (χ0) is 36.7. The van der Waals surface area contributed by atoms with Gasteiger partial charge in [-0.15, -0.1) is 0 Å². The Bertz CT molecular complexity index is 3490. The van der Waals surface area contributed by atoms with Crippen molar-refractivity contribution in [2.24, 2.45) is 0 Å². The molecule has 0 amide bonds. The van der Waals surface area contributed by atoms with Gasteiger partial charge in [0.05, 0.1) is 0 Å². The Morgan fingerprint density at radius 1 is 0.179 bits per heavy atom. The van der Waals surface area contributed by atoms with E-state index in [9.17, 15) is 0 Å². The van der Waals surface area contributed by atoms with E-state index in [4.69, 9.17) is 0 Å². The van der Waals surface area contributed by atoms with Crippen LogP contribution in [0.5, 0.6) is 0 Å². The van der Waals surface area contributed by atoms with E-state index in [2.05, 4.69) is 206 Å². The van der Waals surface area contributed by atoms with E-state index in [0.29, 0.717) is 0 Å². The third kappa shape index (κ3) is 4.60. The van der Waals surface area contributed by atoms with Crippen LogP contribution in [0.25, 0.3) is 120 Å². The van der Waals surface area contributed by atoms with Crippen molar-refractivity contribution in [1.29, 1.82) is 0 Å². The van der Waals surface area contributed by atoms with Crippen molar-refractivity contribution in [2.45, 2.75) is 0 Å². The van der Waals surface area contributed by atoms with Gasteiger partial charge < -0.3 is 0 Å². The fourth-order valence-corrected chi connectivity index (χ4v) is 9.66. The Balaban J connectivity index is 1.07. The summed E-state index contributed by atoms with van der Waals surface area (Å²) >= 11 is 0. The summed E-state index contributed by atoms with van der Waals surface area (Å²) in [6, 6.07) is 76.7. The van der Waals surface area contributed by atoms with Crippen molar-refractivity contribution in [3.63, 3.8) is 0 Å². The summed E-state index contributed by atoms with van der Waals surface area (Å²) in [6.07, 6.45) is 0. The van der Waals surface area contributed by atoms with E-state index in [1.807, 2.05) is 0 Å². The number of hydrogen-bond donors (Lipinski definition) is 0. The fourth-order valence-electron chi connectivity index (χ4n) is 9.66. The van der Waals surface area contributed by atoms with Crippen molar-refractivity contribution in [3.8, 4) is 33.4 Å². The predicted molar refractivity (Wildman–Crippen MR) is 243 cm³/mol. The van der Waals surface area contributed by atoms with Crippen LogP contribution in [0.15, 0.2) is 206 Å². The predicted octanol–water partition coefficient (Wildman–Crippen LogP) is 15.9. The molecule has 0 N–H and O–H groups in total. The van der Waals surface area contributed by atoms with Gasteiger partial charge >= 0.3 is 0 Å². The zero-order valence-corrected chi connectivity index (χ0v) is 30.6. The van der Waals surface area contributed by atoms with Gasteiger partial charge in [0.15, 0.2) is 0 Å². The Morgan fingerprint density at radius 3 is 1.18 bits per heavy atom. The van der Waals surface area contributed by atoms with E-state index in [0.717, 1.165) is 0 Å². The average molecular weight is 707 g/mol. The minimum absolute atomic E-state index is 1.22. The molecular formula is C56H34. The Labute approximate surface area is 324 Å². The van der Waals surface area contributed by atoms with Gasteiger partial charge in [-0.05, 0) is 144 Å². The van der Waals surface area contributed by atoms with E-state index in [1.54, 1.807) is 0 Å². The SMILES string of the molecule is c1ccc2c(c1)cc(-c1c3ccccc3c(-c3ccc4ccc(-c5ccc6c7ccccc7c7ccccc7c6c5)cc4c3)c3ccccc13)c1ccccc12. The van der Waals surface area contributed by atoms with Crippen molar-refractivity contribution in [2.75, 3.05) is 0 Å². The molecule has 12 rings (SSSR count). The van der Waals surface area contributed by atoms with Crippen LogP contribution in [0, 0.1) is 0 Å². The van der Waals surface area contributed by atoms with Crippen LogP contribution in [0.1, 0.15) is 0 Å². The van der Waals surface area contributed by atoms with Crippen LogP contribution in [0.4, 0.5) is 0 Å². The lowest BCUT2D eigenvalue weighted by molar-refractivity contribution is 1.67. The molecule has 12 aromatic rings. The second kappa shape index (κ2) is 12.1. The van der Waals surface area contributed by atoms with Gasteiger partial charge in [0, 0.05) is 0 Å². The molecule has 0 unspecified atom stereocenters.